The summed E-state index contributed by atoms with van der Waals surface area (Å²) in [6, 6.07) is 5.48. The van der Waals surface area contributed by atoms with Crippen molar-refractivity contribution in [2.24, 2.45) is 11.8 Å². The van der Waals surface area contributed by atoms with Crippen molar-refractivity contribution < 1.29 is 19.1 Å². The number of piperidine rings is 1. The Kier molecular flexibility index (Phi) is 4.22. The molecule has 0 saturated carbocycles. The van der Waals surface area contributed by atoms with Crippen LogP contribution in [-0.4, -0.2) is 49.2 Å². The van der Waals surface area contributed by atoms with E-state index in [-0.39, 0.29) is 36.5 Å². The number of hydrogen-bond acceptors (Lipinski definition) is 6. The quantitative estimate of drug-likeness (QED) is 0.687. The van der Waals surface area contributed by atoms with E-state index < -0.39 is 0 Å². The molecule has 3 N–H and O–H groups in total. The highest BCUT2D eigenvalue weighted by Crippen LogP contribution is 2.32. The molecule has 2 fully saturated rings. The van der Waals surface area contributed by atoms with Crippen LogP contribution in [0.15, 0.2) is 18.2 Å². The number of ether oxygens (including phenoxy) is 2. The van der Waals surface area contributed by atoms with Gasteiger partial charge in [-0.05, 0) is 24.2 Å². The first-order valence-corrected chi connectivity index (χ1v) is 8.59. The Labute approximate surface area is 145 Å². The van der Waals surface area contributed by atoms with Crippen molar-refractivity contribution in [2.75, 3.05) is 26.4 Å². The van der Waals surface area contributed by atoms with E-state index in [1.807, 2.05) is 25.1 Å². The van der Waals surface area contributed by atoms with Gasteiger partial charge in [0.15, 0.2) is 11.5 Å². The third-order valence-electron chi connectivity index (χ3n) is 5.16. The molecule has 1 aromatic rings. The van der Waals surface area contributed by atoms with E-state index >= 15 is 0 Å². The maximum Gasteiger partial charge on any atom is 0.240 e. The number of likely N-dealkylation sites (tertiary alicyclic amines) is 1. The first kappa shape index (κ1) is 16.2. The van der Waals surface area contributed by atoms with Crippen LogP contribution in [0.25, 0.3) is 0 Å². The van der Waals surface area contributed by atoms with Gasteiger partial charge in [-0.3, -0.25) is 15.0 Å². The number of carbonyl (C=O) groups excluding carboxylic acids is 2. The van der Waals surface area contributed by atoms with Gasteiger partial charge in [0.05, 0.1) is 17.9 Å². The molecule has 25 heavy (non-hydrogen) atoms. The molecular weight excluding hydrogens is 324 g/mol. The largest absolute Gasteiger partial charge is 0.454 e. The van der Waals surface area contributed by atoms with Crippen molar-refractivity contribution in [3.63, 3.8) is 0 Å². The molecule has 0 aliphatic carbocycles. The Morgan fingerprint density at radius 3 is 3.00 bits per heavy atom. The van der Waals surface area contributed by atoms with Gasteiger partial charge in [0, 0.05) is 19.6 Å². The Bertz CT molecular complexity index is 695. The number of carbonyl (C=O) groups is 2. The standard InChI is InChI=1S/C17H22N4O4/c1-2-21-7-11(15-12(8-21)17(23)20-19-15)16(22)18-6-10-3-4-13-14(5-10)25-9-24-13/h3-5,11-12,15,19H,2,6-9H2,1H3,(H,18,22)(H,20,23). The van der Waals surface area contributed by atoms with Crippen molar-refractivity contribution >= 4 is 11.8 Å². The summed E-state index contributed by atoms with van der Waals surface area (Å²) in [5, 5.41) is 2.99. The monoisotopic (exact) mass is 346 g/mol. The van der Waals surface area contributed by atoms with Crippen LogP contribution in [-0.2, 0) is 16.1 Å². The molecule has 3 atom stereocenters. The molecule has 2 amide bonds. The molecule has 0 aromatic heterocycles. The highest BCUT2D eigenvalue weighted by atomic mass is 16.7. The minimum atomic E-state index is -0.272. The highest BCUT2D eigenvalue weighted by molar-refractivity contribution is 5.86. The highest BCUT2D eigenvalue weighted by Gasteiger charge is 2.47. The maximum absolute atomic E-state index is 12.7. The zero-order valence-electron chi connectivity index (χ0n) is 14.1. The van der Waals surface area contributed by atoms with Crippen molar-refractivity contribution in [1.82, 2.24) is 21.1 Å². The Morgan fingerprint density at radius 2 is 2.16 bits per heavy atom. The van der Waals surface area contributed by atoms with Gasteiger partial charge in [-0.15, -0.1) is 0 Å². The summed E-state index contributed by atoms with van der Waals surface area (Å²) in [7, 11) is 0. The number of nitrogens with zero attached hydrogens (tertiary/aromatic N) is 1. The summed E-state index contributed by atoms with van der Waals surface area (Å²) >= 11 is 0. The molecular formula is C17H22N4O4. The predicted molar refractivity (Wildman–Crippen MR) is 88.6 cm³/mol. The number of benzene rings is 1. The minimum absolute atomic E-state index is 0.0308. The zero-order valence-corrected chi connectivity index (χ0v) is 14.1. The second kappa shape index (κ2) is 6.53. The minimum Gasteiger partial charge on any atom is -0.454 e. The first-order chi connectivity index (χ1) is 12.2. The van der Waals surface area contributed by atoms with Crippen LogP contribution >= 0.6 is 0 Å². The van der Waals surface area contributed by atoms with Gasteiger partial charge in [-0.25, -0.2) is 5.43 Å². The lowest BCUT2D eigenvalue weighted by Gasteiger charge is -2.37. The van der Waals surface area contributed by atoms with Crippen LogP contribution in [0.3, 0.4) is 0 Å². The molecule has 3 aliphatic heterocycles. The number of rotatable bonds is 4. The Balaban J connectivity index is 1.42. The summed E-state index contributed by atoms with van der Waals surface area (Å²) in [6.45, 7) is 4.84. The molecule has 0 spiro atoms. The van der Waals surface area contributed by atoms with Gasteiger partial charge in [-0.1, -0.05) is 13.0 Å². The van der Waals surface area contributed by atoms with E-state index in [9.17, 15) is 9.59 Å². The third kappa shape index (κ3) is 3.03. The van der Waals surface area contributed by atoms with Crippen LogP contribution in [0.4, 0.5) is 0 Å². The van der Waals surface area contributed by atoms with Crippen LogP contribution in [0, 0.1) is 11.8 Å². The number of hydrogen-bond donors (Lipinski definition) is 3. The lowest BCUT2D eigenvalue weighted by atomic mass is 9.84. The van der Waals surface area contributed by atoms with E-state index in [2.05, 4.69) is 21.1 Å². The third-order valence-corrected chi connectivity index (χ3v) is 5.16. The molecule has 3 aliphatic rings. The van der Waals surface area contributed by atoms with Crippen molar-refractivity contribution in [2.45, 2.75) is 19.5 Å². The fourth-order valence-electron chi connectivity index (χ4n) is 3.71. The number of fused-ring (bicyclic) bond motifs is 2. The lowest BCUT2D eigenvalue weighted by Crippen LogP contribution is -2.56. The maximum atomic E-state index is 12.7. The summed E-state index contributed by atoms with van der Waals surface area (Å²) in [5.41, 5.74) is 6.61. The number of amides is 2. The number of hydrazine groups is 1. The SMILES string of the molecule is CCN1CC(C(=O)NCc2ccc3c(c2)OCO3)C2NNC(=O)C2C1. The summed E-state index contributed by atoms with van der Waals surface area (Å²) < 4.78 is 10.7. The van der Waals surface area contributed by atoms with E-state index in [0.29, 0.717) is 25.4 Å². The predicted octanol–water partition coefficient (Wildman–Crippen LogP) is -0.398. The molecule has 0 bridgehead atoms. The topological polar surface area (TPSA) is 91.9 Å². The molecule has 134 valence electrons. The average Bonchev–Trinajstić information content (AvgIpc) is 3.25. The van der Waals surface area contributed by atoms with Crippen molar-refractivity contribution in [3.05, 3.63) is 23.8 Å². The van der Waals surface area contributed by atoms with Gasteiger partial charge < -0.3 is 19.7 Å². The zero-order chi connectivity index (χ0) is 17.4. The van der Waals surface area contributed by atoms with Crippen LogP contribution < -0.4 is 25.6 Å². The Morgan fingerprint density at radius 1 is 1.32 bits per heavy atom. The van der Waals surface area contributed by atoms with Crippen molar-refractivity contribution in [1.29, 1.82) is 0 Å². The van der Waals surface area contributed by atoms with E-state index in [0.717, 1.165) is 17.9 Å². The second-order valence-electron chi connectivity index (χ2n) is 6.63. The van der Waals surface area contributed by atoms with E-state index in [1.165, 1.54) is 0 Å². The van der Waals surface area contributed by atoms with E-state index in [1.54, 1.807) is 0 Å². The van der Waals surface area contributed by atoms with Gasteiger partial charge in [0.1, 0.15) is 0 Å². The van der Waals surface area contributed by atoms with Gasteiger partial charge >= 0.3 is 0 Å². The molecule has 0 radical (unpaired) electrons. The van der Waals surface area contributed by atoms with E-state index in [4.69, 9.17) is 9.47 Å². The molecule has 3 heterocycles. The van der Waals surface area contributed by atoms with Crippen molar-refractivity contribution in [3.8, 4) is 11.5 Å². The smallest absolute Gasteiger partial charge is 0.240 e. The molecule has 3 unspecified atom stereocenters. The molecule has 4 rings (SSSR count). The fraction of sp³-hybridized carbons (Fsp3) is 0.529. The summed E-state index contributed by atoms with van der Waals surface area (Å²) in [5.74, 6) is 0.894. The second-order valence-corrected chi connectivity index (χ2v) is 6.63. The summed E-state index contributed by atoms with van der Waals surface area (Å²) in [4.78, 5) is 26.9. The molecule has 8 nitrogen and oxygen atoms in total. The number of nitrogens with one attached hydrogen (secondary N) is 3. The van der Waals surface area contributed by atoms with Gasteiger partial charge in [0.25, 0.3) is 0 Å². The van der Waals surface area contributed by atoms with Gasteiger partial charge in [0.2, 0.25) is 18.6 Å². The normalized spacial score (nSPS) is 27.7. The molecule has 2 saturated heterocycles. The average molecular weight is 346 g/mol. The molecule has 8 heteroatoms. The fourth-order valence-corrected chi connectivity index (χ4v) is 3.71. The summed E-state index contributed by atoms with van der Waals surface area (Å²) in [6.07, 6.45) is 0. The van der Waals surface area contributed by atoms with Crippen LogP contribution in [0.1, 0.15) is 12.5 Å². The van der Waals surface area contributed by atoms with Crippen LogP contribution in [0.2, 0.25) is 0 Å². The lowest BCUT2D eigenvalue weighted by molar-refractivity contribution is -0.130. The molecule has 1 aromatic carbocycles. The van der Waals surface area contributed by atoms with Gasteiger partial charge in [-0.2, -0.15) is 0 Å². The first-order valence-electron chi connectivity index (χ1n) is 8.59. The van der Waals surface area contributed by atoms with Crippen LogP contribution in [0.5, 0.6) is 11.5 Å². The Hall–Kier alpha value is -2.32.